The lowest BCUT2D eigenvalue weighted by molar-refractivity contribution is -0.144. The van der Waals surface area contributed by atoms with E-state index in [4.69, 9.17) is 20.9 Å². The van der Waals surface area contributed by atoms with Gasteiger partial charge in [0.05, 0.1) is 37.5 Å². The normalized spacial score (nSPS) is 15.5. The van der Waals surface area contributed by atoms with E-state index in [9.17, 15) is 78.3 Å². The van der Waals surface area contributed by atoms with Crippen molar-refractivity contribution in [2.75, 3.05) is 19.7 Å². The summed E-state index contributed by atoms with van der Waals surface area (Å²) in [5.41, 5.74) is 11.0. The highest BCUT2D eigenvalue weighted by molar-refractivity contribution is 5.98. The number of aliphatic imine (C=N–C) groups is 1. The lowest BCUT2D eigenvalue weighted by Gasteiger charge is -2.33. The van der Waals surface area contributed by atoms with Crippen LogP contribution in [0.2, 0.25) is 0 Å². The van der Waals surface area contributed by atoms with Crippen molar-refractivity contribution in [3.8, 4) is 0 Å². The quantitative estimate of drug-likeness (QED) is 0.0214. The van der Waals surface area contributed by atoms with Crippen LogP contribution in [0, 0.1) is 17.8 Å². The number of nitrogens with zero attached hydrogens (tertiary/aromatic N) is 1. The van der Waals surface area contributed by atoms with E-state index in [0.29, 0.717) is 11.1 Å². The average Bonchev–Trinajstić information content (AvgIpc) is 1.24. The van der Waals surface area contributed by atoms with Gasteiger partial charge >= 0.3 is 18.2 Å². The standard InChI is InChI=1S/C59H93N13O18.CH4/c1-12-32(6)41(51(81)69-42(33(7)74)50(80)63-27-40(76)67-43(34(8)75)52(82)66-39(28-73)55(85)86)68-48(78)37(24-19-25-62-56(60)61)64-49(79)38(26-30(2)3)65-54(84)46(47(77)31(4)5)70-53(83)45(72-57(87)89-29-35-20-15-13-16-21-35)44(36-22-17-14-18-23-36)71-58(88)90-59(9,10)11;/h13-18,20-23,30-34,37-39,41-47,73-75,77H,12,19,24-29H2,1-11H3,(H,63,80)(H,64,79)(H,65,84)(H,66,82)(H,67,76)(H,68,78)(H,69,81)(H,70,83)(H,71,88)(H,72,87)(H,85,86)(H4,60,61,62);1H4/t32-,33-,34+,37+,38-,39-,41-,42-,43-,44+,45-,46-,47+;/m0./s1. The number of carbonyl (C=O) groups excluding carboxylic acids is 10. The van der Waals surface area contributed by atoms with Gasteiger partial charge in [0.1, 0.15) is 60.5 Å². The lowest BCUT2D eigenvalue weighted by Crippen LogP contribution is -2.63. The zero-order valence-corrected chi connectivity index (χ0v) is 52.7. The van der Waals surface area contributed by atoms with E-state index in [0.717, 1.165) is 13.8 Å². The van der Waals surface area contributed by atoms with E-state index in [-0.39, 0.29) is 58.1 Å². The minimum atomic E-state index is -1.87. The van der Waals surface area contributed by atoms with Gasteiger partial charge in [-0.15, -0.1) is 0 Å². The lowest BCUT2D eigenvalue weighted by atomic mass is 9.95. The van der Waals surface area contributed by atoms with Gasteiger partial charge in [0.15, 0.2) is 5.96 Å². The Labute approximate surface area is 530 Å². The Kier molecular flexibility index (Phi) is 34.8. The number of aliphatic hydroxyl groups is 4. The van der Waals surface area contributed by atoms with Gasteiger partial charge in [-0.1, -0.05) is 116 Å². The second-order valence-electron chi connectivity index (χ2n) is 23.3. The predicted molar refractivity (Wildman–Crippen MR) is 333 cm³/mol. The molecule has 510 valence electrons. The number of aliphatic carboxylic acids is 1. The maximum Gasteiger partial charge on any atom is 0.408 e. The Balaban J connectivity index is 0.0000414. The van der Waals surface area contributed by atoms with Crippen molar-refractivity contribution in [2.45, 2.75) is 194 Å². The van der Waals surface area contributed by atoms with E-state index in [2.05, 4.69) is 52.8 Å². The number of hydrogen-bond acceptors (Lipinski definition) is 18. The highest BCUT2D eigenvalue weighted by Gasteiger charge is 2.41. The molecule has 0 radical (unpaired) electrons. The number of ether oxygens (including phenoxy) is 2. The van der Waals surface area contributed by atoms with Crippen LogP contribution in [0.1, 0.15) is 126 Å². The molecule has 2 rings (SSSR count). The molecule has 10 amide bonds. The molecule has 0 spiro atoms. The van der Waals surface area contributed by atoms with Gasteiger partial charge in [-0.25, -0.2) is 14.4 Å². The number of nitrogens with one attached hydrogen (secondary N) is 10. The van der Waals surface area contributed by atoms with Gasteiger partial charge in [-0.3, -0.25) is 43.3 Å². The molecule has 31 nitrogen and oxygen atoms in total. The van der Waals surface area contributed by atoms with E-state index < -0.39 is 169 Å². The summed E-state index contributed by atoms with van der Waals surface area (Å²) in [4.78, 5) is 154. The van der Waals surface area contributed by atoms with Crippen LogP contribution in [-0.2, 0) is 59.2 Å². The molecule has 0 heterocycles. The SMILES string of the molecule is C.CC[C@H](C)[C@H](NC(=O)[C@@H](CCCN=C(N)N)NC(=O)[C@H](CC(C)C)NC(=O)[C@@H](NC(=O)[C@@H](NC(=O)OCc1ccccc1)[C@H](NC(=O)OC(C)(C)C)c1ccccc1)[C@H](O)C(C)C)C(=O)N[C@H](C(=O)NCC(=O)N[C@H](C(=O)N[C@@H](CO)C(=O)O)[C@@H](C)O)[C@H](C)O. The summed E-state index contributed by atoms with van der Waals surface area (Å²) in [7, 11) is 0. The van der Waals surface area contributed by atoms with Crippen LogP contribution < -0.4 is 64.6 Å². The Morgan fingerprint density at radius 3 is 1.59 bits per heavy atom. The van der Waals surface area contributed by atoms with Crippen molar-refractivity contribution in [1.29, 1.82) is 0 Å². The summed E-state index contributed by atoms with van der Waals surface area (Å²) in [5.74, 6) is -12.2. The van der Waals surface area contributed by atoms with Crippen LogP contribution in [0.5, 0.6) is 0 Å². The number of nitrogens with two attached hydrogens (primary N) is 2. The molecule has 0 aromatic heterocycles. The van der Waals surface area contributed by atoms with Crippen LogP contribution in [0.25, 0.3) is 0 Å². The summed E-state index contributed by atoms with van der Waals surface area (Å²) >= 11 is 0. The number of carbonyl (C=O) groups is 11. The van der Waals surface area contributed by atoms with E-state index >= 15 is 0 Å². The number of alkyl carbamates (subject to hydrolysis) is 2. The van der Waals surface area contributed by atoms with Crippen LogP contribution >= 0.6 is 0 Å². The number of amides is 10. The van der Waals surface area contributed by atoms with Crippen molar-refractivity contribution in [3.63, 3.8) is 0 Å². The van der Waals surface area contributed by atoms with Crippen LogP contribution in [0.3, 0.4) is 0 Å². The smallest absolute Gasteiger partial charge is 0.408 e. The Morgan fingerprint density at radius 1 is 0.582 bits per heavy atom. The molecule has 0 unspecified atom stereocenters. The van der Waals surface area contributed by atoms with Crippen LogP contribution in [0.4, 0.5) is 9.59 Å². The van der Waals surface area contributed by atoms with E-state index in [1.54, 1.807) is 123 Å². The third-order valence-electron chi connectivity index (χ3n) is 13.6. The highest BCUT2D eigenvalue weighted by Crippen LogP contribution is 2.21. The van der Waals surface area contributed by atoms with Crippen molar-refractivity contribution < 1.29 is 87.7 Å². The largest absolute Gasteiger partial charge is 0.480 e. The fourth-order valence-electron chi connectivity index (χ4n) is 8.55. The number of carboxylic acids is 1. The first-order chi connectivity index (χ1) is 42.1. The maximum absolute atomic E-state index is 14.8. The second kappa shape index (κ2) is 39.4. The molecular formula is C60H97N13O18. The van der Waals surface area contributed by atoms with Gasteiger partial charge in [0.25, 0.3) is 0 Å². The first-order valence-corrected chi connectivity index (χ1v) is 29.4. The third-order valence-corrected chi connectivity index (χ3v) is 13.6. The molecule has 0 saturated heterocycles. The molecule has 2 aromatic carbocycles. The first kappa shape index (κ1) is 80.3. The molecule has 31 heteroatoms. The minimum Gasteiger partial charge on any atom is -0.480 e. The summed E-state index contributed by atoms with van der Waals surface area (Å²) in [6.07, 6.45) is -6.99. The average molecular weight is 1290 g/mol. The highest BCUT2D eigenvalue weighted by atomic mass is 16.6. The van der Waals surface area contributed by atoms with Crippen LogP contribution in [-0.4, -0.2) is 189 Å². The van der Waals surface area contributed by atoms with Gasteiger partial charge in [-0.2, -0.15) is 0 Å². The topological polar surface area (TPSA) is 492 Å². The Hall–Kier alpha value is -8.68. The zero-order chi connectivity index (χ0) is 68.2. The molecule has 0 fully saturated rings. The van der Waals surface area contributed by atoms with Crippen molar-refractivity contribution >= 4 is 71.4 Å². The van der Waals surface area contributed by atoms with Gasteiger partial charge in [-0.05, 0) is 82.8 Å². The summed E-state index contributed by atoms with van der Waals surface area (Å²) < 4.78 is 11.0. The van der Waals surface area contributed by atoms with E-state index in [1.165, 1.54) is 0 Å². The number of carboxylic acid groups (broad SMARTS) is 1. The molecule has 19 N–H and O–H groups in total. The number of benzene rings is 2. The number of hydrogen-bond donors (Lipinski definition) is 17. The molecular weight excluding hydrogens is 1190 g/mol. The Morgan fingerprint density at radius 2 is 1.08 bits per heavy atom. The predicted octanol–water partition coefficient (Wildman–Crippen LogP) is -1.31. The molecule has 0 aliphatic heterocycles. The van der Waals surface area contributed by atoms with Gasteiger partial charge in [0, 0.05) is 6.54 Å². The number of aliphatic hydroxyl groups excluding tert-OH is 4. The van der Waals surface area contributed by atoms with Gasteiger partial charge in [0.2, 0.25) is 47.3 Å². The maximum atomic E-state index is 14.8. The molecule has 91 heavy (non-hydrogen) atoms. The van der Waals surface area contributed by atoms with Crippen molar-refractivity contribution in [3.05, 3.63) is 71.8 Å². The second-order valence-corrected chi connectivity index (χ2v) is 23.3. The van der Waals surface area contributed by atoms with Crippen molar-refractivity contribution in [1.82, 2.24) is 53.2 Å². The molecule has 2 aromatic rings. The Bertz CT molecular complexity index is 2730. The number of guanidine groups is 1. The monoisotopic (exact) mass is 1290 g/mol. The molecule has 0 bridgehead atoms. The summed E-state index contributed by atoms with van der Waals surface area (Å²) in [5, 5.41) is 75.2. The van der Waals surface area contributed by atoms with Crippen molar-refractivity contribution in [2.24, 2.45) is 34.2 Å². The minimum absolute atomic E-state index is 0. The third kappa shape index (κ3) is 28.8. The molecule has 13 atom stereocenters. The fourth-order valence-corrected chi connectivity index (χ4v) is 8.55. The molecule has 0 saturated carbocycles. The fraction of sp³-hybridized carbons (Fsp3) is 0.600. The summed E-state index contributed by atoms with van der Waals surface area (Å²) in [6, 6.07) is 1.77. The summed E-state index contributed by atoms with van der Waals surface area (Å²) in [6.45, 7) is 14.7. The number of rotatable bonds is 36. The zero-order valence-electron chi connectivity index (χ0n) is 52.7. The molecule has 0 aliphatic carbocycles. The first-order valence-electron chi connectivity index (χ1n) is 29.4. The molecule has 0 aliphatic rings. The van der Waals surface area contributed by atoms with Gasteiger partial charge < -0.3 is 99.6 Å². The van der Waals surface area contributed by atoms with E-state index in [1.807, 2.05) is 5.32 Å². The van der Waals surface area contributed by atoms with Crippen LogP contribution in [0.15, 0.2) is 65.7 Å².